The number of imidazole rings is 1. The molecule has 0 bridgehead atoms. The van der Waals surface area contributed by atoms with Crippen LogP contribution in [0.4, 0.5) is 4.39 Å². The molecule has 0 unspecified atom stereocenters. The fourth-order valence-electron chi connectivity index (χ4n) is 1.56. The Bertz CT molecular complexity index is 462. The first-order valence-corrected chi connectivity index (χ1v) is 5.59. The molecule has 0 aromatic carbocycles. The molecule has 0 aliphatic rings. The number of halogens is 1. The summed E-state index contributed by atoms with van der Waals surface area (Å²) < 4.78 is 14.1. The number of hydrogen-bond acceptors (Lipinski definition) is 2. The maximum atomic E-state index is 12.3. The van der Waals surface area contributed by atoms with Crippen molar-refractivity contribution < 1.29 is 4.39 Å². The highest BCUT2D eigenvalue weighted by Gasteiger charge is 2.07. The zero-order valence-electron chi connectivity index (χ0n) is 10.3. The smallest absolute Gasteiger partial charge is 0.160 e. The lowest BCUT2D eigenvalue weighted by molar-refractivity contribution is 0.445. The average Bonchev–Trinajstić information content (AvgIpc) is 2.59. The number of alkyl halides is 1. The molecule has 0 fully saturated rings. The van der Waals surface area contributed by atoms with Crippen molar-refractivity contribution in [2.75, 3.05) is 6.67 Å². The van der Waals surface area contributed by atoms with Crippen LogP contribution in [-0.2, 0) is 6.54 Å². The fourth-order valence-corrected chi connectivity index (χ4v) is 1.56. The lowest BCUT2D eigenvalue weighted by atomic mass is 10.3. The quantitative estimate of drug-likeness (QED) is 0.783. The second-order valence-corrected chi connectivity index (χ2v) is 3.30. The molecular weight excluding hydrogens is 205 g/mol. The molecular formula is C12H18FN3. The van der Waals surface area contributed by atoms with Gasteiger partial charge in [0.2, 0.25) is 0 Å². The second-order valence-electron chi connectivity index (χ2n) is 3.30. The summed E-state index contributed by atoms with van der Waals surface area (Å²) in [7, 11) is 0. The number of hydrogen-bond donors (Lipinski definition) is 0. The zero-order chi connectivity index (χ0) is 12.1. The minimum absolute atomic E-state index is 0.332. The molecule has 88 valence electrons. The summed E-state index contributed by atoms with van der Waals surface area (Å²) in [6.07, 6.45) is 0. The van der Waals surface area contributed by atoms with E-state index in [4.69, 9.17) is 0 Å². The Morgan fingerprint density at radius 1 is 1.19 bits per heavy atom. The highest BCUT2D eigenvalue weighted by Crippen LogP contribution is 2.13. The standard InChI is InChI=1S/C10H12FN3.C2H6/c1-7-3-4-9-10(12-7)14(6-5-11)8(2)13-9;1-2/h3-4H,5-6H2,1-2H3;1-2H3. The van der Waals surface area contributed by atoms with Gasteiger partial charge in [0.1, 0.15) is 18.0 Å². The first kappa shape index (κ1) is 12.6. The maximum Gasteiger partial charge on any atom is 0.160 e. The highest BCUT2D eigenvalue weighted by atomic mass is 19.1. The van der Waals surface area contributed by atoms with Crippen molar-refractivity contribution in [2.45, 2.75) is 34.2 Å². The van der Waals surface area contributed by atoms with Crippen LogP contribution in [0.3, 0.4) is 0 Å². The van der Waals surface area contributed by atoms with Crippen molar-refractivity contribution in [3.05, 3.63) is 23.7 Å². The Morgan fingerprint density at radius 3 is 2.50 bits per heavy atom. The molecule has 16 heavy (non-hydrogen) atoms. The molecule has 0 N–H and O–H groups in total. The lowest BCUT2D eigenvalue weighted by Gasteiger charge is -2.01. The summed E-state index contributed by atoms with van der Waals surface area (Å²) in [4.78, 5) is 8.66. The molecule has 0 saturated heterocycles. The number of nitrogens with zero attached hydrogens (tertiary/aromatic N) is 3. The van der Waals surface area contributed by atoms with E-state index in [0.29, 0.717) is 6.54 Å². The lowest BCUT2D eigenvalue weighted by Crippen LogP contribution is -2.03. The first-order valence-electron chi connectivity index (χ1n) is 5.59. The largest absolute Gasteiger partial charge is 0.310 e. The Balaban J connectivity index is 0.000000606. The molecule has 0 aliphatic carbocycles. The van der Waals surface area contributed by atoms with Crippen molar-refractivity contribution in [1.29, 1.82) is 0 Å². The summed E-state index contributed by atoms with van der Waals surface area (Å²) in [6.45, 7) is 7.73. The molecule has 0 spiro atoms. The third-order valence-corrected chi connectivity index (χ3v) is 2.23. The van der Waals surface area contributed by atoms with E-state index in [1.54, 1.807) is 0 Å². The summed E-state index contributed by atoms with van der Waals surface area (Å²) >= 11 is 0. The second kappa shape index (κ2) is 5.58. The van der Waals surface area contributed by atoms with E-state index in [-0.39, 0.29) is 6.67 Å². The fraction of sp³-hybridized carbons (Fsp3) is 0.500. The van der Waals surface area contributed by atoms with Gasteiger partial charge in [-0.05, 0) is 26.0 Å². The first-order chi connectivity index (χ1) is 7.72. The highest BCUT2D eigenvalue weighted by molar-refractivity contribution is 5.71. The van der Waals surface area contributed by atoms with Crippen LogP contribution in [-0.4, -0.2) is 21.2 Å². The van der Waals surface area contributed by atoms with E-state index in [1.165, 1.54) is 0 Å². The van der Waals surface area contributed by atoms with Crippen molar-refractivity contribution in [2.24, 2.45) is 0 Å². The SMILES string of the molecule is CC.Cc1ccc2nc(C)n(CCF)c2n1. The van der Waals surface area contributed by atoms with Crippen LogP contribution >= 0.6 is 0 Å². The zero-order valence-corrected chi connectivity index (χ0v) is 10.3. The van der Waals surface area contributed by atoms with Gasteiger partial charge in [0.05, 0.1) is 6.54 Å². The number of fused-ring (bicyclic) bond motifs is 1. The van der Waals surface area contributed by atoms with Crippen LogP contribution < -0.4 is 0 Å². The molecule has 2 aromatic heterocycles. The van der Waals surface area contributed by atoms with Crippen LogP contribution in [0.1, 0.15) is 25.4 Å². The van der Waals surface area contributed by atoms with Gasteiger partial charge in [-0.15, -0.1) is 0 Å². The third kappa shape index (κ3) is 2.38. The van der Waals surface area contributed by atoms with E-state index in [0.717, 1.165) is 22.7 Å². The Labute approximate surface area is 95.3 Å². The normalized spacial score (nSPS) is 10.1. The van der Waals surface area contributed by atoms with E-state index in [9.17, 15) is 4.39 Å². The minimum atomic E-state index is -0.387. The Hall–Kier alpha value is -1.45. The van der Waals surface area contributed by atoms with Crippen LogP contribution in [0.25, 0.3) is 11.2 Å². The van der Waals surface area contributed by atoms with E-state index >= 15 is 0 Å². The van der Waals surface area contributed by atoms with Gasteiger partial charge in [0.25, 0.3) is 0 Å². The van der Waals surface area contributed by atoms with Crippen molar-refractivity contribution >= 4 is 11.2 Å². The van der Waals surface area contributed by atoms with Gasteiger partial charge in [0, 0.05) is 5.69 Å². The predicted octanol–water partition coefficient (Wildman–Crippen LogP) is 3.04. The Morgan fingerprint density at radius 2 is 1.88 bits per heavy atom. The van der Waals surface area contributed by atoms with Crippen molar-refractivity contribution in [3.8, 4) is 0 Å². The van der Waals surface area contributed by atoms with E-state index in [2.05, 4.69) is 9.97 Å². The minimum Gasteiger partial charge on any atom is -0.310 e. The molecule has 3 nitrogen and oxygen atoms in total. The molecule has 4 heteroatoms. The van der Waals surface area contributed by atoms with Gasteiger partial charge in [-0.25, -0.2) is 14.4 Å². The van der Waals surface area contributed by atoms with Gasteiger partial charge in [-0.2, -0.15) is 0 Å². The van der Waals surface area contributed by atoms with Crippen molar-refractivity contribution in [1.82, 2.24) is 14.5 Å². The monoisotopic (exact) mass is 223 g/mol. The molecule has 0 amide bonds. The number of aromatic nitrogens is 3. The van der Waals surface area contributed by atoms with Crippen LogP contribution in [0.2, 0.25) is 0 Å². The maximum absolute atomic E-state index is 12.3. The molecule has 2 aromatic rings. The molecule has 0 aliphatic heterocycles. The molecule has 0 atom stereocenters. The summed E-state index contributed by atoms with van der Waals surface area (Å²) in [5.74, 6) is 0.816. The van der Waals surface area contributed by atoms with E-state index < -0.39 is 0 Å². The van der Waals surface area contributed by atoms with Crippen LogP contribution in [0.5, 0.6) is 0 Å². The van der Waals surface area contributed by atoms with Gasteiger partial charge in [0.15, 0.2) is 5.65 Å². The molecule has 0 radical (unpaired) electrons. The Kier molecular flexibility index (Phi) is 4.40. The molecule has 2 rings (SSSR count). The van der Waals surface area contributed by atoms with Gasteiger partial charge in [-0.3, -0.25) is 0 Å². The predicted molar refractivity (Wildman–Crippen MR) is 64.3 cm³/mol. The van der Waals surface area contributed by atoms with Gasteiger partial charge >= 0.3 is 0 Å². The van der Waals surface area contributed by atoms with Crippen molar-refractivity contribution in [3.63, 3.8) is 0 Å². The van der Waals surface area contributed by atoms with E-state index in [1.807, 2.05) is 44.4 Å². The van der Waals surface area contributed by atoms with Crippen LogP contribution in [0.15, 0.2) is 12.1 Å². The van der Waals surface area contributed by atoms with Gasteiger partial charge in [-0.1, -0.05) is 13.8 Å². The summed E-state index contributed by atoms with van der Waals surface area (Å²) in [6, 6.07) is 3.83. The number of aryl methyl sites for hydroxylation is 3. The number of pyridine rings is 1. The topological polar surface area (TPSA) is 30.7 Å². The summed E-state index contributed by atoms with van der Waals surface area (Å²) in [5, 5.41) is 0. The number of rotatable bonds is 2. The summed E-state index contributed by atoms with van der Waals surface area (Å²) in [5.41, 5.74) is 2.54. The van der Waals surface area contributed by atoms with Crippen LogP contribution in [0, 0.1) is 13.8 Å². The van der Waals surface area contributed by atoms with Gasteiger partial charge < -0.3 is 4.57 Å². The third-order valence-electron chi connectivity index (χ3n) is 2.23. The average molecular weight is 223 g/mol. The molecule has 0 saturated carbocycles. The molecule has 2 heterocycles.